The molecule has 2 radical (unpaired) electrons. The maximum Gasteiger partial charge on any atom is 0.339 e. The van der Waals surface area contributed by atoms with Gasteiger partial charge in [-0.15, -0.1) is 0 Å². The van der Waals surface area contributed by atoms with Crippen LogP contribution in [0.1, 0.15) is 16.1 Å². The van der Waals surface area contributed by atoms with Gasteiger partial charge in [0.1, 0.15) is 0 Å². The lowest BCUT2D eigenvalue weighted by molar-refractivity contribution is 0.0599. The third-order valence-electron chi connectivity index (χ3n) is 1.54. The molecule has 1 aromatic rings. The average molecular weight is 179 g/mol. The molecule has 0 fully saturated rings. The van der Waals surface area contributed by atoms with Gasteiger partial charge in [-0.05, 0) is 18.5 Å². The largest absolute Gasteiger partial charge is 0.465 e. The fourth-order valence-electron chi connectivity index (χ4n) is 0.926. The number of hydrogen-bond donors (Lipinski definition) is 0. The maximum atomic E-state index is 12.6. The van der Waals surface area contributed by atoms with Crippen molar-refractivity contribution in [2.45, 2.75) is 6.32 Å². The minimum atomic E-state index is -0.659. The van der Waals surface area contributed by atoms with Crippen LogP contribution in [0.2, 0.25) is 0 Å². The Morgan fingerprint density at radius 3 is 2.92 bits per heavy atom. The van der Waals surface area contributed by atoms with Gasteiger partial charge >= 0.3 is 5.97 Å². The highest BCUT2D eigenvalue weighted by atomic mass is 19.1. The molecule has 1 rings (SSSR count). The van der Waals surface area contributed by atoms with Gasteiger partial charge < -0.3 is 4.74 Å². The Bertz CT molecular complexity index is 330. The first-order valence-electron chi connectivity index (χ1n) is 3.63. The normalized spacial score (nSPS) is 9.69. The van der Waals surface area contributed by atoms with Crippen LogP contribution in [0.5, 0.6) is 0 Å². The van der Waals surface area contributed by atoms with E-state index >= 15 is 0 Å². The SMILES string of the molecule is [B]Cc1nc(F)ccc1C(=O)OC. The van der Waals surface area contributed by atoms with Crippen molar-refractivity contribution < 1.29 is 13.9 Å². The first kappa shape index (κ1) is 9.70. The molecule has 0 aromatic carbocycles. The van der Waals surface area contributed by atoms with Crippen LogP contribution in [0.4, 0.5) is 4.39 Å². The number of halogens is 1. The highest BCUT2D eigenvalue weighted by Gasteiger charge is 2.11. The third kappa shape index (κ3) is 2.05. The van der Waals surface area contributed by atoms with E-state index in [-0.39, 0.29) is 17.6 Å². The Kier molecular flexibility index (Phi) is 3.00. The van der Waals surface area contributed by atoms with Crippen LogP contribution in [0.15, 0.2) is 12.1 Å². The van der Waals surface area contributed by atoms with Crippen molar-refractivity contribution in [2.24, 2.45) is 0 Å². The van der Waals surface area contributed by atoms with Gasteiger partial charge in [0.05, 0.1) is 20.5 Å². The smallest absolute Gasteiger partial charge is 0.339 e. The number of carbonyl (C=O) groups excluding carboxylic acids is 1. The van der Waals surface area contributed by atoms with Gasteiger partial charge in [0, 0.05) is 5.69 Å². The van der Waals surface area contributed by atoms with Crippen molar-refractivity contribution in [2.75, 3.05) is 7.11 Å². The van der Waals surface area contributed by atoms with Gasteiger partial charge in [0.15, 0.2) is 0 Å². The zero-order valence-electron chi connectivity index (χ0n) is 7.08. The Morgan fingerprint density at radius 2 is 2.38 bits per heavy atom. The van der Waals surface area contributed by atoms with Crippen molar-refractivity contribution in [3.8, 4) is 0 Å². The molecule has 1 aromatic heterocycles. The van der Waals surface area contributed by atoms with Gasteiger partial charge in [0.25, 0.3) is 0 Å². The molecule has 0 spiro atoms. The van der Waals surface area contributed by atoms with E-state index in [0.29, 0.717) is 0 Å². The van der Waals surface area contributed by atoms with Gasteiger partial charge in [-0.1, -0.05) is 0 Å². The van der Waals surface area contributed by atoms with Crippen molar-refractivity contribution >= 4 is 13.8 Å². The zero-order chi connectivity index (χ0) is 9.84. The van der Waals surface area contributed by atoms with E-state index in [1.165, 1.54) is 13.2 Å². The van der Waals surface area contributed by atoms with Crippen LogP contribution >= 0.6 is 0 Å². The minimum absolute atomic E-state index is 0.00218. The fourth-order valence-corrected chi connectivity index (χ4v) is 0.926. The molecular formula is C8H7BFNO2. The van der Waals surface area contributed by atoms with Crippen LogP contribution in [-0.4, -0.2) is 25.9 Å². The Morgan fingerprint density at radius 1 is 1.69 bits per heavy atom. The lowest BCUT2D eigenvalue weighted by Crippen LogP contribution is -2.08. The van der Waals surface area contributed by atoms with E-state index < -0.39 is 11.9 Å². The quantitative estimate of drug-likeness (QED) is 0.380. The summed E-state index contributed by atoms with van der Waals surface area (Å²) in [6.07, 6.45) is 0.00218. The lowest BCUT2D eigenvalue weighted by Gasteiger charge is -2.03. The summed E-state index contributed by atoms with van der Waals surface area (Å²) in [4.78, 5) is 14.5. The molecule has 0 amide bonds. The molecule has 0 saturated carbocycles. The second-order valence-electron chi connectivity index (χ2n) is 2.32. The predicted molar refractivity (Wildman–Crippen MR) is 45.0 cm³/mol. The highest BCUT2D eigenvalue weighted by molar-refractivity contribution is 6.09. The van der Waals surface area contributed by atoms with E-state index in [2.05, 4.69) is 9.72 Å². The summed E-state index contributed by atoms with van der Waals surface area (Å²) in [6.45, 7) is 0. The molecule has 0 aliphatic heterocycles. The van der Waals surface area contributed by atoms with Crippen LogP contribution in [0.3, 0.4) is 0 Å². The Labute approximate surface area is 76.3 Å². The number of aromatic nitrogens is 1. The van der Waals surface area contributed by atoms with Crippen LogP contribution in [0, 0.1) is 5.95 Å². The number of hydrogen-bond acceptors (Lipinski definition) is 3. The molecule has 66 valence electrons. The summed E-state index contributed by atoms with van der Waals surface area (Å²) >= 11 is 0. The first-order chi connectivity index (χ1) is 6.19. The van der Waals surface area contributed by atoms with Crippen LogP contribution in [0.25, 0.3) is 0 Å². The monoisotopic (exact) mass is 179 g/mol. The standard InChI is InChI=1S/C8H7BFNO2/c1-13-8(12)5-2-3-7(10)11-6(5)4-9/h2-3H,4H2,1H3. The van der Waals surface area contributed by atoms with Gasteiger partial charge in [-0.2, -0.15) is 4.39 Å². The predicted octanol–water partition coefficient (Wildman–Crippen LogP) is 0.676. The number of carbonyl (C=O) groups is 1. The van der Waals surface area contributed by atoms with Crippen molar-refractivity contribution in [3.63, 3.8) is 0 Å². The molecule has 0 bridgehead atoms. The van der Waals surface area contributed by atoms with Crippen molar-refractivity contribution in [3.05, 3.63) is 29.3 Å². The molecule has 1 heterocycles. The number of ether oxygens (including phenoxy) is 1. The summed E-state index contributed by atoms with van der Waals surface area (Å²) in [6, 6.07) is 2.39. The van der Waals surface area contributed by atoms with Crippen LogP contribution < -0.4 is 0 Å². The summed E-state index contributed by atoms with van der Waals surface area (Å²) < 4.78 is 17.0. The van der Waals surface area contributed by atoms with E-state index in [9.17, 15) is 9.18 Å². The molecule has 3 nitrogen and oxygen atoms in total. The van der Waals surface area contributed by atoms with Gasteiger partial charge in [-0.25, -0.2) is 9.78 Å². The molecule has 0 aliphatic carbocycles. The number of pyridine rings is 1. The van der Waals surface area contributed by atoms with E-state index in [1.807, 2.05) is 0 Å². The number of esters is 1. The van der Waals surface area contributed by atoms with Crippen molar-refractivity contribution in [1.29, 1.82) is 0 Å². The first-order valence-corrected chi connectivity index (χ1v) is 3.63. The van der Waals surface area contributed by atoms with E-state index in [1.54, 1.807) is 0 Å². The van der Waals surface area contributed by atoms with Crippen molar-refractivity contribution in [1.82, 2.24) is 4.98 Å². The summed E-state index contributed by atoms with van der Waals surface area (Å²) in [5.74, 6) is -1.22. The molecule has 0 saturated heterocycles. The Balaban J connectivity index is 3.13. The maximum absolute atomic E-state index is 12.6. The number of rotatable bonds is 2. The minimum Gasteiger partial charge on any atom is -0.465 e. The molecule has 5 heteroatoms. The average Bonchev–Trinajstić information content (AvgIpc) is 2.16. The third-order valence-corrected chi connectivity index (χ3v) is 1.54. The lowest BCUT2D eigenvalue weighted by atomic mass is 9.98. The second kappa shape index (κ2) is 4.02. The molecule has 0 aliphatic rings. The van der Waals surface area contributed by atoms with E-state index in [0.717, 1.165) is 6.07 Å². The number of nitrogens with zero attached hydrogens (tertiary/aromatic N) is 1. The van der Waals surface area contributed by atoms with E-state index in [4.69, 9.17) is 7.85 Å². The molecule has 0 unspecified atom stereocenters. The van der Waals surface area contributed by atoms with Crippen LogP contribution in [-0.2, 0) is 11.1 Å². The summed E-state index contributed by atoms with van der Waals surface area (Å²) in [5.41, 5.74) is 0.401. The fraction of sp³-hybridized carbons (Fsp3) is 0.250. The summed E-state index contributed by atoms with van der Waals surface area (Å²) in [5, 5.41) is 0. The highest BCUT2D eigenvalue weighted by Crippen LogP contribution is 2.08. The topological polar surface area (TPSA) is 39.2 Å². The molecular weight excluding hydrogens is 172 g/mol. The van der Waals surface area contributed by atoms with Gasteiger partial charge in [-0.3, -0.25) is 0 Å². The zero-order valence-corrected chi connectivity index (χ0v) is 7.08. The molecule has 13 heavy (non-hydrogen) atoms. The molecule has 0 N–H and O–H groups in total. The Hall–Kier alpha value is -1.39. The summed E-state index contributed by atoms with van der Waals surface area (Å²) in [7, 11) is 6.52. The molecule has 0 atom stereocenters. The number of methoxy groups -OCH3 is 1. The second-order valence-corrected chi connectivity index (χ2v) is 2.32. The van der Waals surface area contributed by atoms with Gasteiger partial charge in [0.2, 0.25) is 5.95 Å².